The first-order valence-electron chi connectivity index (χ1n) is 7.95. The van der Waals surface area contributed by atoms with Crippen LogP contribution in [0, 0.1) is 6.92 Å². The standard InChI is InChI=1S/C17H22N6/c1-3-4-9-19-17-21-15(18)14-16(22-17)23(11-20-14)10-13-8-6-5-7-12(13)2/h5-8,11H,3-4,9-10H2,1-2H3,(H3,18,19,21,22). The minimum Gasteiger partial charge on any atom is -0.382 e. The van der Waals surface area contributed by atoms with Gasteiger partial charge in [0, 0.05) is 6.54 Å². The monoisotopic (exact) mass is 310 g/mol. The molecular weight excluding hydrogens is 288 g/mol. The third kappa shape index (κ3) is 3.26. The van der Waals surface area contributed by atoms with Crippen molar-refractivity contribution >= 4 is 22.9 Å². The number of aromatic nitrogens is 4. The van der Waals surface area contributed by atoms with Crippen molar-refractivity contribution in [1.82, 2.24) is 19.5 Å². The van der Waals surface area contributed by atoms with Gasteiger partial charge in [0.25, 0.3) is 0 Å². The second-order valence-corrected chi connectivity index (χ2v) is 5.68. The fraction of sp³-hybridized carbons (Fsp3) is 0.353. The van der Waals surface area contributed by atoms with Crippen LogP contribution in [0.2, 0.25) is 0 Å². The Balaban J connectivity index is 1.93. The number of rotatable bonds is 6. The summed E-state index contributed by atoms with van der Waals surface area (Å²) in [5.74, 6) is 0.979. The van der Waals surface area contributed by atoms with E-state index in [1.165, 1.54) is 11.1 Å². The van der Waals surface area contributed by atoms with Gasteiger partial charge in [0.05, 0.1) is 12.9 Å². The number of nitrogens with one attached hydrogen (secondary N) is 1. The van der Waals surface area contributed by atoms with E-state index in [1.54, 1.807) is 6.33 Å². The van der Waals surface area contributed by atoms with E-state index >= 15 is 0 Å². The highest BCUT2D eigenvalue weighted by Crippen LogP contribution is 2.20. The van der Waals surface area contributed by atoms with Gasteiger partial charge in [-0.15, -0.1) is 0 Å². The molecule has 0 aliphatic heterocycles. The minimum absolute atomic E-state index is 0.414. The highest BCUT2D eigenvalue weighted by molar-refractivity contribution is 5.82. The molecule has 1 aromatic carbocycles. The molecule has 0 spiro atoms. The highest BCUT2D eigenvalue weighted by Gasteiger charge is 2.12. The van der Waals surface area contributed by atoms with Crippen LogP contribution in [0.15, 0.2) is 30.6 Å². The lowest BCUT2D eigenvalue weighted by Gasteiger charge is -2.09. The largest absolute Gasteiger partial charge is 0.382 e. The van der Waals surface area contributed by atoms with Crippen LogP contribution in [0.4, 0.5) is 11.8 Å². The van der Waals surface area contributed by atoms with E-state index in [4.69, 9.17) is 5.73 Å². The van der Waals surface area contributed by atoms with Gasteiger partial charge < -0.3 is 15.6 Å². The number of nitrogens with two attached hydrogens (primary N) is 1. The topological polar surface area (TPSA) is 81.6 Å². The fourth-order valence-corrected chi connectivity index (χ4v) is 2.51. The number of fused-ring (bicyclic) bond motifs is 1. The third-order valence-corrected chi connectivity index (χ3v) is 3.91. The van der Waals surface area contributed by atoms with Crippen LogP contribution in [0.5, 0.6) is 0 Å². The number of nitrogen functional groups attached to an aromatic ring is 1. The molecule has 0 saturated carbocycles. The van der Waals surface area contributed by atoms with E-state index in [1.807, 2.05) is 16.7 Å². The molecule has 0 radical (unpaired) electrons. The van der Waals surface area contributed by atoms with Crippen LogP contribution in [-0.4, -0.2) is 26.1 Å². The van der Waals surface area contributed by atoms with Gasteiger partial charge in [-0.2, -0.15) is 9.97 Å². The number of benzene rings is 1. The normalized spacial score (nSPS) is 11.0. The quantitative estimate of drug-likeness (QED) is 0.684. The first-order chi connectivity index (χ1) is 11.2. The van der Waals surface area contributed by atoms with Crippen molar-refractivity contribution < 1.29 is 0 Å². The maximum Gasteiger partial charge on any atom is 0.226 e. The van der Waals surface area contributed by atoms with Gasteiger partial charge >= 0.3 is 0 Å². The molecule has 0 amide bonds. The SMILES string of the molecule is CCCCNc1nc(N)c2ncn(Cc3ccccc3C)c2n1. The van der Waals surface area contributed by atoms with Crippen molar-refractivity contribution in [3.8, 4) is 0 Å². The fourth-order valence-electron chi connectivity index (χ4n) is 2.51. The van der Waals surface area contributed by atoms with Gasteiger partial charge in [-0.05, 0) is 24.5 Å². The number of hydrogen-bond donors (Lipinski definition) is 2. The van der Waals surface area contributed by atoms with E-state index in [9.17, 15) is 0 Å². The number of anilines is 2. The van der Waals surface area contributed by atoms with Crippen LogP contribution >= 0.6 is 0 Å². The van der Waals surface area contributed by atoms with Gasteiger partial charge in [0.15, 0.2) is 11.5 Å². The van der Waals surface area contributed by atoms with Crippen molar-refractivity contribution in [1.29, 1.82) is 0 Å². The van der Waals surface area contributed by atoms with E-state index in [-0.39, 0.29) is 0 Å². The van der Waals surface area contributed by atoms with Gasteiger partial charge in [-0.3, -0.25) is 0 Å². The molecule has 0 atom stereocenters. The zero-order valence-electron chi connectivity index (χ0n) is 13.6. The highest BCUT2D eigenvalue weighted by atomic mass is 15.2. The smallest absolute Gasteiger partial charge is 0.226 e. The van der Waals surface area contributed by atoms with Crippen LogP contribution in [-0.2, 0) is 6.54 Å². The van der Waals surface area contributed by atoms with Crippen LogP contribution in [0.25, 0.3) is 11.2 Å². The molecule has 120 valence electrons. The Bertz CT molecular complexity index is 808. The third-order valence-electron chi connectivity index (χ3n) is 3.91. The van der Waals surface area contributed by atoms with Crippen LogP contribution < -0.4 is 11.1 Å². The average Bonchev–Trinajstić information content (AvgIpc) is 2.94. The maximum absolute atomic E-state index is 6.03. The second-order valence-electron chi connectivity index (χ2n) is 5.68. The Kier molecular flexibility index (Phi) is 4.41. The van der Waals surface area contributed by atoms with Gasteiger partial charge in [-0.1, -0.05) is 37.6 Å². The molecule has 6 nitrogen and oxygen atoms in total. The summed E-state index contributed by atoms with van der Waals surface area (Å²) in [7, 11) is 0. The Labute approximate surface area is 135 Å². The number of aryl methyl sites for hydroxylation is 1. The molecule has 3 N–H and O–H groups in total. The lowest BCUT2D eigenvalue weighted by molar-refractivity contribution is 0.804. The Morgan fingerprint density at radius 1 is 1.22 bits per heavy atom. The first-order valence-corrected chi connectivity index (χ1v) is 7.95. The van der Waals surface area contributed by atoms with E-state index < -0.39 is 0 Å². The molecule has 0 bridgehead atoms. The molecular formula is C17H22N6. The van der Waals surface area contributed by atoms with Gasteiger partial charge in [0.2, 0.25) is 5.95 Å². The predicted molar refractivity (Wildman–Crippen MR) is 93.4 cm³/mol. The zero-order valence-corrected chi connectivity index (χ0v) is 13.6. The minimum atomic E-state index is 0.414. The van der Waals surface area contributed by atoms with Crippen molar-refractivity contribution in [2.75, 3.05) is 17.6 Å². The lowest BCUT2D eigenvalue weighted by atomic mass is 10.1. The number of hydrogen-bond acceptors (Lipinski definition) is 5. The molecule has 2 aromatic heterocycles. The summed E-state index contributed by atoms with van der Waals surface area (Å²) in [5.41, 5.74) is 9.94. The van der Waals surface area contributed by atoms with Crippen molar-refractivity contribution in [2.45, 2.75) is 33.2 Å². The molecule has 6 heteroatoms. The summed E-state index contributed by atoms with van der Waals surface area (Å²) in [6, 6.07) is 8.31. The predicted octanol–water partition coefficient (Wildman–Crippen LogP) is 2.98. The summed E-state index contributed by atoms with van der Waals surface area (Å²) in [5, 5.41) is 3.23. The Morgan fingerprint density at radius 3 is 2.83 bits per heavy atom. The molecule has 2 heterocycles. The van der Waals surface area contributed by atoms with Crippen molar-refractivity contribution in [3.05, 3.63) is 41.7 Å². The maximum atomic E-state index is 6.03. The molecule has 0 fully saturated rings. The Hall–Kier alpha value is -2.63. The molecule has 3 aromatic rings. The average molecular weight is 310 g/mol. The summed E-state index contributed by atoms with van der Waals surface area (Å²) < 4.78 is 2.01. The number of unbranched alkanes of at least 4 members (excludes halogenated alkanes) is 1. The molecule has 3 rings (SSSR count). The number of nitrogens with zero attached hydrogens (tertiary/aromatic N) is 4. The zero-order chi connectivity index (χ0) is 16.2. The van der Waals surface area contributed by atoms with E-state index in [2.05, 4.69) is 46.2 Å². The summed E-state index contributed by atoms with van der Waals surface area (Å²) >= 11 is 0. The van der Waals surface area contributed by atoms with Gasteiger partial charge in [-0.25, -0.2) is 4.98 Å². The summed E-state index contributed by atoms with van der Waals surface area (Å²) in [4.78, 5) is 13.2. The van der Waals surface area contributed by atoms with Gasteiger partial charge in [0.1, 0.15) is 5.52 Å². The lowest BCUT2D eigenvalue weighted by Crippen LogP contribution is -2.08. The van der Waals surface area contributed by atoms with Crippen LogP contribution in [0.1, 0.15) is 30.9 Å². The van der Waals surface area contributed by atoms with E-state index in [0.717, 1.165) is 25.0 Å². The Morgan fingerprint density at radius 2 is 2.04 bits per heavy atom. The molecule has 0 aliphatic rings. The number of imidazole rings is 1. The molecule has 0 unspecified atom stereocenters. The molecule has 0 saturated heterocycles. The van der Waals surface area contributed by atoms with E-state index in [0.29, 0.717) is 23.8 Å². The second kappa shape index (κ2) is 6.64. The van der Waals surface area contributed by atoms with Crippen molar-refractivity contribution in [2.24, 2.45) is 0 Å². The summed E-state index contributed by atoms with van der Waals surface area (Å²) in [6.45, 7) is 5.81. The van der Waals surface area contributed by atoms with Crippen LogP contribution in [0.3, 0.4) is 0 Å². The molecule has 0 aliphatic carbocycles. The molecule has 23 heavy (non-hydrogen) atoms. The summed E-state index contributed by atoms with van der Waals surface area (Å²) in [6.07, 6.45) is 3.97. The van der Waals surface area contributed by atoms with Crippen molar-refractivity contribution in [3.63, 3.8) is 0 Å². The first kappa shape index (κ1) is 15.3.